The first-order valence-corrected chi connectivity index (χ1v) is 7.59. The van der Waals surface area contributed by atoms with Gasteiger partial charge in [0.15, 0.2) is 0 Å². The molecule has 0 N–H and O–H groups in total. The fourth-order valence-electron chi connectivity index (χ4n) is 2.67. The highest BCUT2D eigenvalue weighted by atomic mass is 32.1. The van der Waals surface area contributed by atoms with Gasteiger partial charge in [0, 0.05) is 18.8 Å². The van der Waals surface area contributed by atoms with E-state index in [2.05, 4.69) is 62.6 Å². The van der Waals surface area contributed by atoms with Gasteiger partial charge in [-0.1, -0.05) is 39.0 Å². The van der Waals surface area contributed by atoms with Crippen LogP contribution in [0.25, 0.3) is 0 Å². The van der Waals surface area contributed by atoms with Crippen molar-refractivity contribution in [1.29, 1.82) is 0 Å². The molecule has 1 unspecified atom stereocenters. The van der Waals surface area contributed by atoms with Gasteiger partial charge < -0.3 is 4.90 Å². The number of para-hydroxylation sites is 1. The summed E-state index contributed by atoms with van der Waals surface area (Å²) < 4.78 is 0. The summed E-state index contributed by atoms with van der Waals surface area (Å²) in [6.07, 6.45) is 2.51. The molecule has 0 spiro atoms. The maximum absolute atomic E-state index is 4.55. The third-order valence-corrected chi connectivity index (χ3v) is 4.53. The lowest BCUT2D eigenvalue weighted by Crippen LogP contribution is -2.39. The number of fused-ring (bicyclic) bond motifs is 1. The Morgan fingerprint density at radius 1 is 1.28 bits per heavy atom. The fraction of sp³-hybridized carbons (Fsp3) is 0.625. The Morgan fingerprint density at radius 2 is 2.00 bits per heavy atom. The minimum absolute atomic E-state index is 0.328. The fourth-order valence-corrected chi connectivity index (χ4v) is 3.34. The van der Waals surface area contributed by atoms with Gasteiger partial charge in [-0.2, -0.15) is 12.6 Å². The first-order valence-electron chi connectivity index (χ1n) is 6.96. The van der Waals surface area contributed by atoms with Crippen LogP contribution in [-0.4, -0.2) is 18.8 Å². The highest BCUT2D eigenvalue weighted by Crippen LogP contribution is 2.32. The van der Waals surface area contributed by atoms with Gasteiger partial charge in [0.05, 0.1) is 0 Å². The number of rotatable bonds is 3. The minimum Gasteiger partial charge on any atom is -0.371 e. The number of nitrogens with zero attached hydrogens (tertiary/aromatic N) is 1. The van der Waals surface area contributed by atoms with Crippen molar-refractivity contribution in [1.82, 2.24) is 0 Å². The zero-order valence-electron chi connectivity index (χ0n) is 11.8. The Morgan fingerprint density at radius 3 is 2.67 bits per heavy atom. The molecule has 0 fully saturated rings. The van der Waals surface area contributed by atoms with Crippen molar-refractivity contribution in [3.63, 3.8) is 0 Å². The van der Waals surface area contributed by atoms with E-state index in [1.807, 2.05) is 0 Å². The molecule has 1 atom stereocenters. The summed E-state index contributed by atoms with van der Waals surface area (Å²) in [5, 5.41) is 0. The molecule has 0 saturated heterocycles. The molecule has 2 rings (SSSR count). The molecule has 1 nitrogen and oxygen atoms in total. The molecule has 1 heterocycles. The van der Waals surface area contributed by atoms with E-state index in [1.165, 1.54) is 30.6 Å². The highest BCUT2D eigenvalue weighted by molar-refractivity contribution is 7.80. The Hall–Kier alpha value is -0.630. The standard InChI is InChI=1S/C16H25NS/c1-16(2,3)14(12-18)11-17-10-6-8-13-7-4-5-9-15(13)17/h4-5,7,9,14,18H,6,8,10-12H2,1-3H3. The predicted molar refractivity (Wildman–Crippen MR) is 83.8 cm³/mol. The van der Waals surface area contributed by atoms with E-state index in [4.69, 9.17) is 0 Å². The van der Waals surface area contributed by atoms with E-state index < -0.39 is 0 Å². The van der Waals surface area contributed by atoms with Gasteiger partial charge in [-0.25, -0.2) is 0 Å². The quantitative estimate of drug-likeness (QED) is 0.806. The Kier molecular flexibility index (Phi) is 4.26. The first-order chi connectivity index (χ1) is 8.52. The Labute approximate surface area is 117 Å². The van der Waals surface area contributed by atoms with E-state index in [-0.39, 0.29) is 0 Å². The van der Waals surface area contributed by atoms with Crippen molar-refractivity contribution in [3.8, 4) is 0 Å². The molecule has 1 aliphatic heterocycles. The molecule has 18 heavy (non-hydrogen) atoms. The lowest BCUT2D eigenvalue weighted by Gasteiger charge is -2.38. The molecule has 0 amide bonds. The lowest BCUT2D eigenvalue weighted by molar-refractivity contribution is 0.268. The Balaban J connectivity index is 2.16. The van der Waals surface area contributed by atoms with Gasteiger partial charge in [-0.05, 0) is 41.6 Å². The number of benzene rings is 1. The predicted octanol–water partition coefficient (Wildman–Crippen LogP) is 4.03. The van der Waals surface area contributed by atoms with Crippen molar-refractivity contribution in [2.24, 2.45) is 11.3 Å². The van der Waals surface area contributed by atoms with Crippen molar-refractivity contribution in [2.45, 2.75) is 33.6 Å². The maximum Gasteiger partial charge on any atom is 0.0398 e. The molecular weight excluding hydrogens is 238 g/mol. The molecule has 0 bridgehead atoms. The summed E-state index contributed by atoms with van der Waals surface area (Å²) in [6.45, 7) is 9.29. The van der Waals surface area contributed by atoms with Crippen LogP contribution in [0.1, 0.15) is 32.8 Å². The van der Waals surface area contributed by atoms with E-state index in [0.29, 0.717) is 11.3 Å². The molecule has 1 aromatic carbocycles. The third-order valence-electron chi connectivity index (χ3n) is 4.09. The third kappa shape index (κ3) is 3.03. The van der Waals surface area contributed by atoms with E-state index in [1.54, 1.807) is 0 Å². The summed E-state index contributed by atoms with van der Waals surface area (Å²) in [5.41, 5.74) is 3.28. The van der Waals surface area contributed by atoms with Crippen molar-refractivity contribution in [3.05, 3.63) is 29.8 Å². The average Bonchev–Trinajstić information content (AvgIpc) is 2.34. The van der Waals surface area contributed by atoms with E-state index in [9.17, 15) is 0 Å². The minimum atomic E-state index is 0.328. The molecule has 0 aromatic heterocycles. The van der Waals surface area contributed by atoms with Gasteiger partial charge in [0.1, 0.15) is 0 Å². The van der Waals surface area contributed by atoms with Crippen LogP contribution in [-0.2, 0) is 6.42 Å². The van der Waals surface area contributed by atoms with Crippen LogP contribution in [0, 0.1) is 11.3 Å². The molecule has 100 valence electrons. The molecule has 2 heteroatoms. The molecule has 0 saturated carbocycles. The van der Waals surface area contributed by atoms with Crippen LogP contribution in [0.2, 0.25) is 0 Å². The normalized spacial score (nSPS) is 17.4. The smallest absolute Gasteiger partial charge is 0.0398 e. The average molecular weight is 263 g/mol. The zero-order chi connectivity index (χ0) is 13.2. The van der Waals surface area contributed by atoms with Gasteiger partial charge in [-0.3, -0.25) is 0 Å². The second-order valence-electron chi connectivity index (χ2n) is 6.42. The van der Waals surface area contributed by atoms with Crippen molar-refractivity contribution < 1.29 is 0 Å². The van der Waals surface area contributed by atoms with Crippen LogP contribution in [0.3, 0.4) is 0 Å². The molecule has 1 aromatic rings. The summed E-state index contributed by atoms with van der Waals surface area (Å²) in [4.78, 5) is 2.56. The molecular formula is C16H25NS. The molecule has 0 aliphatic carbocycles. The highest BCUT2D eigenvalue weighted by Gasteiger charge is 2.27. The first kappa shape index (κ1) is 13.8. The van der Waals surface area contributed by atoms with Gasteiger partial charge >= 0.3 is 0 Å². The van der Waals surface area contributed by atoms with Gasteiger partial charge in [0.25, 0.3) is 0 Å². The second kappa shape index (κ2) is 5.56. The van der Waals surface area contributed by atoms with E-state index in [0.717, 1.165) is 12.3 Å². The second-order valence-corrected chi connectivity index (χ2v) is 6.79. The number of aryl methyl sites for hydroxylation is 1. The molecule has 0 radical (unpaired) electrons. The number of thiol groups is 1. The summed E-state index contributed by atoms with van der Waals surface area (Å²) >= 11 is 4.55. The summed E-state index contributed by atoms with van der Waals surface area (Å²) in [5.74, 6) is 1.59. The number of anilines is 1. The summed E-state index contributed by atoms with van der Waals surface area (Å²) in [6, 6.07) is 8.85. The van der Waals surface area contributed by atoms with Crippen LogP contribution >= 0.6 is 12.6 Å². The van der Waals surface area contributed by atoms with Crippen LogP contribution in [0.15, 0.2) is 24.3 Å². The van der Waals surface area contributed by atoms with Gasteiger partial charge in [0.2, 0.25) is 0 Å². The van der Waals surface area contributed by atoms with E-state index >= 15 is 0 Å². The van der Waals surface area contributed by atoms with Crippen molar-refractivity contribution in [2.75, 3.05) is 23.7 Å². The Bertz CT molecular complexity index is 394. The van der Waals surface area contributed by atoms with Crippen LogP contribution < -0.4 is 4.90 Å². The van der Waals surface area contributed by atoms with Crippen LogP contribution in [0.4, 0.5) is 5.69 Å². The monoisotopic (exact) mass is 263 g/mol. The van der Waals surface area contributed by atoms with Crippen molar-refractivity contribution >= 4 is 18.3 Å². The lowest BCUT2D eigenvalue weighted by atomic mass is 9.81. The SMILES string of the molecule is CC(C)(C)C(CS)CN1CCCc2ccccc21. The molecule has 1 aliphatic rings. The topological polar surface area (TPSA) is 3.24 Å². The number of hydrogen-bond acceptors (Lipinski definition) is 2. The largest absolute Gasteiger partial charge is 0.371 e. The maximum atomic E-state index is 4.55. The van der Waals surface area contributed by atoms with Gasteiger partial charge in [-0.15, -0.1) is 0 Å². The zero-order valence-corrected chi connectivity index (χ0v) is 12.7. The van der Waals surface area contributed by atoms with Crippen LogP contribution in [0.5, 0.6) is 0 Å². The number of hydrogen-bond donors (Lipinski definition) is 1. The summed E-state index contributed by atoms with van der Waals surface area (Å²) in [7, 11) is 0.